The Hall–Kier alpha value is -4.18. The minimum absolute atomic E-state index is 0.156. The van der Waals surface area contributed by atoms with E-state index in [1.54, 1.807) is 30.3 Å². The van der Waals surface area contributed by atoms with Gasteiger partial charge >= 0.3 is 0 Å². The molecule has 3 aromatic rings. The Morgan fingerprint density at radius 2 is 1.57 bits per heavy atom. The lowest BCUT2D eigenvalue weighted by molar-refractivity contribution is -0.384. The van der Waals surface area contributed by atoms with E-state index in [1.165, 1.54) is 0 Å². The molecule has 2 fully saturated rings. The summed E-state index contributed by atoms with van der Waals surface area (Å²) >= 11 is 5.55. The van der Waals surface area contributed by atoms with Crippen LogP contribution in [0.5, 0.6) is 5.75 Å². The number of carbonyl (C=O) groups is 1. The Balaban J connectivity index is 1.14. The zero-order chi connectivity index (χ0) is 27.9. The van der Waals surface area contributed by atoms with Crippen molar-refractivity contribution >= 4 is 40.3 Å². The van der Waals surface area contributed by atoms with Crippen LogP contribution in [0.4, 0.5) is 17.1 Å². The molecule has 2 aliphatic rings. The van der Waals surface area contributed by atoms with Gasteiger partial charge in [0, 0.05) is 56.6 Å². The Labute approximate surface area is 239 Å². The fourth-order valence-electron chi connectivity index (χ4n) is 5.11. The first kappa shape index (κ1) is 27.4. The second-order valence-corrected chi connectivity index (χ2v) is 10.4. The Bertz CT molecular complexity index is 1340. The van der Waals surface area contributed by atoms with Crippen molar-refractivity contribution in [3.8, 4) is 5.75 Å². The van der Waals surface area contributed by atoms with E-state index in [2.05, 4.69) is 15.1 Å². The van der Waals surface area contributed by atoms with Gasteiger partial charge in [0.25, 0.3) is 11.6 Å². The number of hydrogen-bond donors (Lipinski definition) is 1. The highest BCUT2D eigenvalue weighted by Crippen LogP contribution is 2.34. The second kappa shape index (κ2) is 12.8. The third-order valence-electron chi connectivity index (χ3n) is 7.37. The summed E-state index contributed by atoms with van der Waals surface area (Å²) in [7, 11) is 0. The number of anilines is 2. The number of nitro groups is 1. The minimum atomic E-state index is -0.294. The molecule has 10 heteroatoms. The molecule has 5 rings (SSSR count). The van der Waals surface area contributed by atoms with Crippen LogP contribution in [-0.2, 0) is 6.61 Å². The summed E-state index contributed by atoms with van der Waals surface area (Å²) in [6, 6.07) is 22.3. The molecule has 1 N–H and O–H groups in total. The van der Waals surface area contributed by atoms with Crippen LogP contribution >= 0.6 is 12.2 Å². The summed E-state index contributed by atoms with van der Waals surface area (Å²) in [6.45, 7) is 4.82. The highest BCUT2D eigenvalue weighted by atomic mass is 32.1. The maximum absolute atomic E-state index is 12.8. The zero-order valence-corrected chi connectivity index (χ0v) is 23.1. The number of nitrogens with one attached hydrogen (secondary N) is 1. The number of carbonyl (C=O) groups excluding carboxylic acids is 1. The van der Waals surface area contributed by atoms with Crippen molar-refractivity contribution < 1.29 is 14.5 Å². The van der Waals surface area contributed by atoms with E-state index in [-0.39, 0.29) is 16.5 Å². The van der Waals surface area contributed by atoms with Crippen LogP contribution in [0.15, 0.2) is 72.8 Å². The Morgan fingerprint density at radius 1 is 0.875 bits per heavy atom. The molecule has 40 heavy (non-hydrogen) atoms. The van der Waals surface area contributed by atoms with Crippen molar-refractivity contribution in [2.75, 3.05) is 49.1 Å². The molecule has 2 saturated heterocycles. The van der Waals surface area contributed by atoms with Gasteiger partial charge in [0.15, 0.2) is 5.11 Å². The number of hydrogen-bond acceptors (Lipinski definition) is 7. The van der Waals surface area contributed by atoms with Crippen molar-refractivity contribution in [1.29, 1.82) is 0 Å². The molecule has 2 heterocycles. The lowest BCUT2D eigenvalue weighted by atomic mass is 10.1. The average molecular weight is 560 g/mol. The van der Waals surface area contributed by atoms with E-state index >= 15 is 0 Å². The number of amides is 1. The summed E-state index contributed by atoms with van der Waals surface area (Å²) < 4.78 is 5.80. The number of nitro benzene ring substituents is 1. The molecular weight excluding hydrogens is 526 g/mol. The molecule has 0 unspecified atom stereocenters. The number of rotatable bonds is 7. The Morgan fingerprint density at radius 3 is 2.25 bits per heavy atom. The van der Waals surface area contributed by atoms with Crippen molar-refractivity contribution in [3.05, 3.63) is 94.0 Å². The molecule has 0 atom stereocenters. The summed E-state index contributed by atoms with van der Waals surface area (Å²) in [4.78, 5) is 30.5. The van der Waals surface area contributed by atoms with Crippen molar-refractivity contribution in [3.63, 3.8) is 0 Å². The molecule has 3 aromatic carbocycles. The number of nitrogens with zero attached hydrogens (tertiary/aromatic N) is 4. The van der Waals surface area contributed by atoms with Crippen LogP contribution in [0.3, 0.4) is 0 Å². The van der Waals surface area contributed by atoms with Crippen molar-refractivity contribution in [2.45, 2.75) is 25.9 Å². The van der Waals surface area contributed by atoms with Gasteiger partial charge in [0.2, 0.25) is 0 Å². The summed E-state index contributed by atoms with van der Waals surface area (Å²) in [5.74, 6) is 0.428. The average Bonchev–Trinajstić information content (AvgIpc) is 3.01. The smallest absolute Gasteiger partial charge is 0.292 e. The lowest BCUT2D eigenvalue weighted by Gasteiger charge is -2.37. The molecule has 0 aliphatic carbocycles. The number of ether oxygens (including phenoxy) is 1. The van der Waals surface area contributed by atoms with Gasteiger partial charge in [-0.3, -0.25) is 20.2 Å². The predicted octanol–water partition coefficient (Wildman–Crippen LogP) is 5.00. The second-order valence-electron chi connectivity index (χ2n) is 10.0. The zero-order valence-electron chi connectivity index (χ0n) is 22.3. The number of piperidine rings is 1. The first-order chi connectivity index (χ1) is 19.5. The molecule has 0 aromatic heterocycles. The SMILES string of the molecule is O=C(NC(=S)N1CCN(c2ccc([N+](=O)[O-])c(N3CCCCC3)c2)CC1)c1ccc(OCc2ccccc2)cc1. The van der Waals surface area contributed by atoms with Gasteiger partial charge in [-0.2, -0.15) is 0 Å². The standard InChI is InChI=1S/C30H33N5O4S/c36-29(24-9-12-26(13-10-24)39-22-23-7-3-1-4-8-23)31-30(40)34-19-17-32(18-20-34)25-11-14-27(35(37)38)28(21-25)33-15-5-2-6-16-33/h1,3-4,7-14,21H,2,5-6,15-20,22H2,(H,31,36,40). The third kappa shape index (κ3) is 6.69. The lowest BCUT2D eigenvalue weighted by Crippen LogP contribution is -2.52. The molecule has 1 amide bonds. The summed E-state index contributed by atoms with van der Waals surface area (Å²) in [5, 5.41) is 14.9. The topological polar surface area (TPSA) is 91.2 Å². The quantitative estimate of drug-likeness (QED) is 0.246. The highest BCUT2D eigenvalue weighted by Gasteiger charge is 2.25. The van der Waals surface area contributed by atoms with Crippen molar-refractivity contribution in [2.24, 2.45) is 0 Å². The van der Waals surface area contributed by atoms with Gasteiger partial charge in [0.1, 0.15) is 18.0 Å². The normalized spacial score (nSPS) is 15.4. The van der Waals surface area contributed by atoms with Crippen LogP contribution in [0.25, 0.3) is 0 Å². The maximum atomic E-state index is 12.8. The van der Waals surface area contributed by atoms with Gasteiger partial charge in [-0.25, -0.2) is 0 Å². The van der Waals surface area contributed by atoms with Crippen LogP contribution in [0, 0.1) is 10.1 Å². The fourth-order valence-corrected chi connectivity index (χ4v) is 5.39. The number of piperazine rings is 1. The largest absolute Gasteiger partial charge is 0.489 e. The van der Waals surface area contributed by atoms with Gasteiger partial charge in [0.05, 0.1) is 4.92 Å². The maximum Gasteiger partial charge on any atom is 0.292 e. The molecule has 0 saturated carbocycles. The molecule has 0 spiro atoms. The van der Waals surface area contributed by atoms with Crippen LogP contribution in [-0.4, -0.2) is 60.1 Å². The third-order valence-corrected chi connectivity index (χ3v) is 7.73. The summed E-state index contributed by atoms with van der Waals surface area (Å²) in [6.07, 6.45) is 3.27. The predicted molar refractivity (Wildman–Crippen MR) is 160 cm³/mol. The van der Waals surface area contributed by atoms with E-state index < -0.39 is 0 Å². The van der Waals surface area contributed by atoms with E-state index in [9.17, 15) is 14.9 Å². The number of thiocarbonyl (C=S) groups is 1. The van der Waals surface area contributed by atoms with Gasteiger partial charge in [-0.1, -0.05) is 30.3 Å². The number of benzene rings is 3. The minimum Gasteiger partial charge on any atom is -0.489 e. The van der Waals surface area contributed by atoms with E-state index in [0.29, 0.717) is 54.9 Å². The van der Waals surface area contributed by atoms with Gasteiger partial charge in [-0.15, -0.1) is 0 Å². The molecule has 208 valence electrons. The first-order valence-electron chi connectivity index (χ1n) is 13.6. The molecule has 9 nitrogen and oxygen atoms in total. The van der Waals surface area contributed by atoms with E-state index in [4.69, 9.17) is 17.0 Å². The monoisotopic (exact) mass is 559 g/mol. The van der Waals surface area contributed by atoms with Crippen LogP contribution in [0.2, 0.25) is 0 Å². The van der Waals surface area contributed by atoms with Crippen LogP contribution < -0.4 is 19.9 Å². The molecule has 2 aliphatic heterocycles. The summed E-state index contributed by atoms with van der Waals surface area (Å²) in [5.41, 5.74) is 3.40. The molecule has 0 bridgehead atoms. The van der Waals surface area contributed by atoms with Gasteiger partial charge < -0.3 is 19.4 Å². The highest BCUT2D eigenvalue weighted by molar-refractivity contribution is 7.80. The van der Waals surface area contributed by atoms with E-state index in [0.717, 1.165) is 43.6 Å². The first-order valence-corrected chi connectivity index (χ1v) is 14.0. The van der Waals surface area contributed by atoms with Crippen LogP contribution in [0.1, 0.15) is 35.2 Å². The molecular formula is C30H33N5O4S. The fraction of sp³-hybridized carbons (Fsp3) is 0.333. The van der Waals surface area contributed by atoms with E-state index in [1.807, 2.05) is 47.4 Å². The molecule has 0 radical (unpaired) electrons. The Kier molecular flexibility index (Phi) is 8.75. The van der Waals surface area contributed by atoms with Gasteiger partial charge in [-0.05, 0) is 73.4 Å². The van der Waals surface area contributed by atoms with Crippen molar-refractivity contribution in [1.82, 2.24) is 10.2 Å².